The third-order valence-electron chi connectivity index (χ3n) is 4.42. The standard InChI is InChI=1S/C22H16BrFN4O2S/c23-17-11-15(24)9-10-16(17)21(30)28-27-20(29)14-7-5-13(6-8-14)12-31-22-25-18-3-1-2-4-19(18)26-22/h1-11H,12H2,(H,25,26)(H,27,29)(H,28,30). The van der Waals surface area contributed by atoms with Gasteiger partial charge in [0, 0.05) is 15.8 Å². The third kappa shape index (κ3) is 5.12. The maximum Gasteiger partial charge on any atom is 0.270 e. The number of para-hydroxylation sites is 2. The van der Waals surface area contributed by atoms with Crippen LogP contribution in [0.2, 0.25) is 0 Å². The van der Waals surface area contributed by atoms with Crippen LogP contribution in [-0.4, -0.2) is 21.8 Å². The molecule has 156 valence electrons. The molecule has 0 saturated carbocycles. The summed E-state index contributed by atoms with van der Waals surface area (Å²) in [5, 5.41) is 0.831. The average molecular weight is 499 g/mol. The van der Waals surface area contributed by atoms with Crippen molar-refractivity contribution in [2.75, 3.05) is 0 Å². The number of aromatic nitrogens is 2. The van der Waals surface area contributed by atoms with Crippen LogP contribution in [0.5, 0.6) is 0 Å². The molecule has 6 nitrogen and oxygen atoms in total. The predicted molar refractivity (Wildman–Crippen MR) is 121 cm³/mol. The van der Waals surface area contributed by atoms with Gasteiger partial charge in [-0.25, -0.2) is 9.37 Å². The Morgan fingerprint density at radius 2 is 1.74 bits per heavy atom. The first kappa shape index (κ1) is 21.1. The van der Waals surface area contributed by atoms with E-state index in [9.17, 15) is 14.0 Å². The Bertz CT molecular complexity index is 1230. The van der Waals surface area contributed by atoms with E-state index in [-0.39, 0.29) is 5.56 Å². The number of imidazole rings is 1. The number of carbonyl (C=O) groups is 2. The third-order valence-corrected chi connectivity index (χ3v) is 6.03. The number of amides is 2. The Morgan fingerprint density at radius 3 is 2.48 bits per heavy atom. The Hall–Kier alpha value is -3.17. The number of fused-ring (bicyclic) bond motifs is 1. The molecule has 9 heteroatoms. The second kappa shape index (κ2) is 9.32. The van der Waals surface area contributed by atoms with Crippen LogP contribution in [0.25, 0.3) is 11.0 Å². The van der Waals surface area contributed by atoms with Crippen molar-refractivity contribution < 1.29 is 14.0 Å². The predicted octanol–water partition coefficient (Wildman–Crippen LogP) is 4.83. The van der Waals surface area contributed by atoms with Crippen molar-refractivity contribution in [2.24, 2.45) is 0 Å². The maximum atomic E-state index is 13.1. The number of H-pyrrole nitrogens is 1. The first-order valence-corrected chi connectivity index (χ1v) is 11.0. The summed E-state index contributed by atoms with van der Waals surface area (Å²) in [4.78, 5) is 32.2. The molecule has 0 fully saturated rings. The largest absolute Gasteiger partial charge is 0.333 e. The zero-order valence-corrected chi connectivity index (χ0v) is 18.4. The summed E-state index contributed by atoms with van der Waals surface area (Å²) in [6.07, 6.45) is 0. The molecule has 0 saturated heterocycles. The van der Waals surface area contributed by atoms with Crippen LogP contribution in [-0.2, 0) is 5.75 Å². The van der Waals surface area contributed by atoms with E-state index < -0.39 is 17.6 Å². The van der Waals surface area contributed by atoms with E-state index in [1.54, 1.807) is 23.9 Å². The lowest BCUT2D eigenvalue weighted by atomic mass is 10.1. The summed E-state index contributed by atoms with van der Waals surface area (Å²) in [6.45, 7) is 0. The van der Waals surface area contributed by atoms with Gasteiger partial charge in [0.25, 0.3) is 11.8 Å². The van der Waals surface area contributed by atoms with Crippen molar-refractivity contribution in [3.8, 4) is 0 Å². The molecule has 0 aliphatic rings. The van der Waals surface area contributed by atoms with Gasteiger partial charge in [0.15, 0.2) is 5.16 Å². The number of nitrogens with zero attached hydrogens (tertiary/aromatic N) is 1. The molecule has 0 atom stereocenters. The monoisotopic (exact) mass is 498 g/mol. The fraction of sp³-hybridized carbons (Fsp3) is 0.0455. The molecule has 0 unspecified atom stereocenters. The van der Waals surface area contributed by atoms with E-state index in [0.29, 0.717) is 15.8 Å². The van der Waals surface area contributed by atoms with Crippen LogP contribution in [0.4, 0.5) is 4.39 Å². The van der Waals surface area contributed by atoms with Gasteiger partial charge in [0.1, 0.15) is 5.82 Å². The van der Waals surface area contributed by atoms with Crippen LogP contribution in [0.15, 0.2) is 76.4 Å². The van der Waals surface area contributed by atoms with E-state index in [0.717, 1.165) is 21.8 Å². The van der Waals surface area contributed by atoms with Gasteiger partial charge >= 0.3 is 0 Å². The topological polar surface area (TPSA) is 86.9 Å². The zero-order valence-electron chi connectivity index (χ0n) is 16.0. The molecular weight excluding hydrogens is 483 g/mol. The van der Waals surface area contributed by atoms with Crippen molar-refractivity contribution in [2.45, 2.75) is 10.9 Å². The molecule has 1 aromatic heterocycles. The Labute approximate surface area is 189 Å². The fourth-order valence-corrected chi connectivity index (χ4v) is 4.20. The highest BCUT2D eigenvalue weighted by atomic mass is 79.9. The molecule has 0 radical (unpaired) electrons. The van der Waals surface area contributed by atoms with Gasteiger partial charge in [-0.3, -0.25) is 20.4 Å². The van der Waals surface area contributed by atoms with Crippen molar-refractivity contribution in [1.82, 2.24) is 20.8 Å². The summed E-state index contributed by atoms with van der Waals surface area (Å²) in [6, 6.07) is 18.6. The fourth-order valence-electron chi connectivity index (χ4n) is 2.83. The number of nitrogens with one attached hydrogen (secondary N) is 3. The van der Waals surface area contributed by atoms with Gasteiger partial charge in [0.05, 0.1) is 16.6 Å². The minimum Gasteiger partial charge on any atom is -0.333 e. The first-order valence-electron chi connectivity index (χ1n) is 9.22. The van der Waals surface area contributed by atoms with Gasteiger partial charge in [-0.1, -0.05) is 36.0 Å². The summed E-state index contributed by atoms with van der Waals surface area (Å²) < 4.78 is 13.4. The number of hydrogen-bond acceptors (Lipinski definition) is 4. The number of hydrazine groups is 1. The highest BCUT2D eigenvalue weighted by molar-refractivity contribution is 9.10. The lowest BCUT2D eigenvalue weighted by Crippen LogP contribution is -2.41. The molecular formula is C22H16BrFN4O2S. The molecule has 3 aromatic carbocycles. The van der Waals surface area contributed by atoms with E-state index >= 15 is 0 Å². The second-order valence-electron chi connectivity index (χ2n) is 6.58. The minimum absolute atomic E-state index is 0.208. The molecule has 3 N–H and O–H groups in total. The molecule has 1 heterocycles. The number of aromatic amines is 1. The van der Waals surface area contributed by atoms with E-state index in [1.165, 1.54) is 18.2 Å². The molecule has 2 amide bonds. The van der Waals surface area contributed by atoms with Crippen molar-refractivity contribution in [3.05, 3.63) is 93.7 Å². The van der Waals surface area contributed by atoms with Crippen molar-refractivity contribution in [3.63, 3.8) is 0 Å². The molecule has 0 aliphatic heterocycles. The number of thioether (sulfide) groups is 1. The SMILES string of the molecule is O=C(NNC(=O)c1ccc(F)cc1Br)c1ccc(CSc2nc3ccccc3[nH]2)cc1. The number of halogens is 2. The molecule has 0 spiro atoms. The van der Waals surface area contributed by atoms with Gasteiger partial charge < -0.3 is 4.98 Å². The summed E-state index contributed by atoms with van der Waals surface area (Å²) in [7, 11) is 0. The summed E-state index contributed by atoms with van der Waals surface area (Å²) in [5.41, 5.74) is 8.23. The molecule has 31 heavy (non-hydrogen) atoms. The number of benzene rings is 3. The lowest BCUT2D eigenvalue weighted by molar-refractivity contribution is 0.0846. The van der Waals surface area contributed by atoms with Crippen LogP contribution >= 0.6 is 27.7 Å². The van der Waals surface area contributed by atoms with Crippen LogP contribution in [0.1, 0.15) is 26.3 Å². The highest BCUT2D eigenvalue weighted by Gasteiger charge is 2.13. The average Bonchev–Trinajstić information content (AvgIpc) is 3.19. The van der Waals surface area contributed by atoms with Crippen LogP contribution < -0.4 is 10.9 Å². The van der Waals surface area contributed by atoms with E-state index in [4.69, 9.17) is 0 Å². The Morgan fingerprint density at radius 1 is 1.00 bits per heavy atom. The Kier molecular flexibility index (Phi) is 6.34. The lowest BCUT2D eigenvalue weighted by Gasteiger charge is -2.09. The van der Waals surface area contributed by atoms with Gasteiger partial charge in [-0.15, -0.1) is 0 Å². The summed E-state index contributed by atoms with van der Waals surface area (Å²) >= 11 is 4.70. The minimum atomic E-state index is -0.556. The molecule has 0 bridgehead atoms. The molecule has 4 rings (SSSR count). The highest BCUT2D eigenvalue weighted by Crippen LogP contribution is 2.23. The van der Waals surface area contributed by atoms with E-state index in [2.05, 4.69) is 36.7 Å². The number of hydrogen-bond donors (Lipinski definition) is 3. The number of rotatable bonds is 5. The van der Waals surface area contributed by atoms with Crippen LogP contribution in [0, 0.1) is 5.82 Å². The first-order chi connectivity index (χ1) is 15.0. The Balaban J connectivity index is 1.31. The smallest absolute Gasteiger partial charge is 0.270 e. The quantitative estimate of drug-likeness (QED) is 0.271. The molecule has 4 aromatic rings. The second-order valence-corrected chi connectivity index (χ2v) is 8.40. The van der Waals surface area contributed by atoms with Crippen molar-refractivity contribution in [1.29, 1.82) is 0 Å². The number of carbonyl (C=O) groups excluding carboxylic acids is 2. The van der Waals surface area contributed by atoms with Gasteiger partial charge in [-0.05, 0) is 64.0 Å². The maximum absolute atomic E-state index is 13.1. The summed E-state index contributed by atoms with van der Waals surface area (Å²) in [5.74, 6) is -0.787. The van der Waals surface area contributed by atoms with E-state index in [1.807, 2.05) is 36.4 Å². The van der Waals surface area contributed by atoms with Gasteiger partial charge in [0.2, 0.25) is 0 Å². The van der Waals surface area contributed by atoms with Crippen LogP contribution in [0.3, 0.4) is 0 Å². The van der Waals surface area contributed by atoms with Gasteiger partial charge in [-0.2, -0.15) is 0 Å². The normalized spacial score (nSPS) is 10.8. The zero-order chi connectivity index (χ0) is 21.8. The molecule has 0 aliphatic carbocycles. The van der Waals surface area contributed by atoms with Crippen molar-refractivity contribution >= 4 is 50.5 Å².